The molecule has 0 unspecified atom stereocenters. The minimum absolute atomic E-state index is 0.0288. The minimum Gasteiger partial charge on any atom is -0.352 e. The third-order valence-electron chi connectivity index (χ3n) is 3.35. The first kappa shape index (κ1) is 19.1. The Kier molecular flexibility index (Phi) is 8.94. The summed E-state index contributed by atoms with van der Waals surface area (Å²) in [5, 5.41) is 8.77. The van der Waals surface area contributed by atoms with Crippen molar-refractivity contribution in [3.63, 3.8) is 0 Å². The Morgan fingerprint density at radius 1 is 1.13 bits per heavy atom. The van der Waals surface area contributed by atoms with E-state index in [0.29, 0.717) is 25.1 Å². The third-order valence-corrected chi connectivity index (χ3v) is 3.35. The number of rotatable bonds is 10. The summed E-state index contributed by atoms with van der Waals surface area (Å²) >= 11 is 0. The van der Waals surface area contributed by atoms with E-state index in [-0.39, 0.29) is 11.8 Å². The van der Waals surface area contributed by atoms with Crippen LogP contribution in [-0.4, -0.2) is 57.5 Å². The molecule has 3 N–H and O–H groups in total. The van der Waals surface area contributed by atoms with Gasteiger partial charge in [-0.05, 0) is 51.8 Å². The molecule has 0 saturated heterocycles. The van der Waals surface area contributed by atoms with Crippen molar-refractivity contribution < 1.29 is 9.59 Å². The Bertz CT molecular complexity index is 503. The van der Waals surface area contributed by atoms with Crippen molar-refractivity contribution in [2.45, 2.75) is 19.4 Å². The van der Waals surface area contributed by atoms with Crippen LogP contribution >= 0.6 is 0 Å². The van der Waals surface area contributed by atoms with Crippen molar-refractivity contribution in [3.05, 3.63) is 35.4 Å². The quantitative estimate of drug-likeness (QED) is 0.552. The van der Waals surface area contributed by atoms with Crippen molar-refractivity contribution in [1.82, 2.24) is 20.9 Å². The molecule has 0 spiro atoms. The van der Waals surface area contributed by atoms with Gasteiger partial charge in [-0.25, -0.2) is 0 Å². The van der Waals surface area contributed by atoms with Gasteiger partial charge in [-0.15, -0.1) is 0 Å². The van der Waals surface area contributed by atoms with Gasteiger partial charge in [0, 0.05) is 31.6 Å². The molecular weight excluding hydrogens is 292 g/mol. The highest BCUT2D eigenvalue weighted by atomic mass is 16.2. The second-order valence-corrected chi connectivity index (χ2v) is 5.74. The zero-order valence-electron chi connectivity index (χ0n) is 14.3. The lowest BCUT2D eigenvalue weighted by Crippen LogP contribution is -2.31. The van der Waals surface area contributed by atoms with E-state index in [9.17, 15) is 9.59 Å². The van der Waals surface area contributed by atoms with Crippen LogP contribution in [0.4, 0.5) is 0 Å². The maximum absolute atomic E-state index is 12.1. The molecule has 0 aliphatic heterocycles. The van der Waals surface area contributed by atoms with Crippen molar-refractivity contribution in [2.75, 3.05) is 40.8 Å². The molecular formula is C17H28N4O2. The summed E-state index contributed by atoms with van der Waals surface area (Å²) in [6.07, 6.45) is 1.32. The molecule has 0 heterocycles. The summed E-state index contributed by atoms with van der Waals surface area (Å²) in [4.78, 5) is 25.8. The highest BCUT2D eigenvalue weighted by Gasteiger charge is 2.07. The van der Waals surface area contributed by atoms with Crippen LogP contribution in [0.5, 0.6) is 0 Å². The normalized spacial score (nSPS) is 10.6. The minimum atomic E-state index is -0.0888. The zero-order chi connectivity index (χ0) is 17.1. The number of hydrogen-bond acceptors (Lipinski definition) is 4. The van der Waals surface area contributed by atoms with Gasteiger partial charge >= 0.3 is 0 Å². The van der Waals surface area contributed by atoms with E-state index in [1.54, 1.807) is 6.07 Å². The molecule has 6 nitrogen and oxygen atoms in total. The molecule has 0 atom stereocenters. The molecule has 0 aliphatic rings. The van der Waals surface area contributed by atoms with Gasteiger partial charge in [-0.1, -0.05) is 12.1 Å². The lowest BCUT2D eigenvalue weighted by molar-refractivity contribution is -0.121. The summed E-state index contributed by atoms with van der Waals surface area (Å²) in [6.45, 7) is 2.68. The van der Waals surface area contributed by atoms with Crippen LogP contribution in [-0.2, 0) is 11.3 Å². The van der Waals surface area contributed by atoms with Gasteiger partial charge < -0.3 is 20.9 Å². The average molecular weight is 320 g/mol. The fourth-order valence-corrected chi connectivity index (χ4v) is 2.03. The first-order valence-electron chi connectivity index (χ1n) is 7.96. The molecule has 0 bridgehead atoms. The van der Waals surface area contributed by atoms with E-state index in [2.05, 4.69) is 16.0 Å². The molecule has 0 aliphatic carbocycles. The van der Waals surface area contributed by atoms with Crippen LogP contribution in [0.25, 0.3) is 0 Å². The van der Waals surface area contributed by atoms with E-state index in [1.165, 1.54) is 0 Å². The fraction of sp³-hybridized carbons (Fsp3) is 0.529. The fourth-order valence-electron chi connectivity index (χ4n) is 2.03. The van der Waals surface area contributed by atoms with Gasteiger partial charge in [0.2, 0.25) is 5.91 Å². The van der Waals surface area contributed by atoms with Gasteiger partial charge in [0.05, 0.1) is 0 Å². The Morgan fingerprint density at radius 3 is 2.61 bits per heavy atom. The molecule has 0 radical (unpaired) electrons. The van der Waals surface area contributed by atoms with Crippen LogP contribution < -0.4 is 16.0 Å². The second-order valence-electron chi connectivity index (χ2n) is 5.74. The Labute approximate surface area is 138 Å². The van der Waals surface area contributed by atoms with Gasteiger partial charge in [-0.3, -0.25) is 9.59 Å². The van der Waals surface area contributed by atoms with Crippen LogP contribution in [0, 0.1) is 0 Å². The highest BCUT2D eigenvalue weighted by molar-refractivity contribution is 5.94. The summed E-state index contributed by atoms with van der Waals surface area (Å²) in [5.41, 5.74) is 1.54. The molecule has 0 fully saturated rings. The Hall–Kier alpha value is -1.92. The number of likely N-dealkylation sites (N-methyl/N-ethyl adjacent to an activating group) is 1. The van der Waals surface area contributed by atoms with Crippen LogP contribution in [0.15, 0.2) is 24.3 Å². The van der Waals surface area contributed by atoms with Gasteiger partial charge in [-0.2, -0.15) is 0 Å². The Balaban J connectivity index is 2.43. The van der Waals surface area contributed by atoms with Gasteiger partial charge in [0.15, 0.2) is 0 Å². The first-order valence-corrected chi connectivity index (χ1v) is 7.96. The topological polar surface area (TPSA) is 73.5 Å². The van der Waals surface area contributed by atoms with E-state index in [4.69, 9.17) is 0 Å². The number of carbonyl (C=O) groups excluding carboxylic acids is 2. The van der Waals surface area contributed by atoms with E-state index < -0.39 is 0 Å². The lowest BCUT2D eigenvalue weighted by atomic mass is 10.1. The molecule has 1 aromatic carbocycles. The van der Waals surface area contributed by atoms with Crippen LogP contribution in [0.2, 0.25) is 0 Å². The summed E-state index contributed by atoms with van der Waals surface area (Å²) in [6, 6.07) is 7.34. The smallest absolute Gasteiger partial charge is 0.251 e. The SMILES string of the molecule is CNCCCC(=O)NCc1cccc(C(=O)NCCN(C)C)c1. The maximum Gasteiger partial charge on any atom is 0.251 e. The number of nitrogens with one attached hydrogen (secondary N) is 3. The maximum atomic E-state index is 12.1. The highest BCUT2D eigenvalue weighted by Crippen LogP contribution is 2.05. The van der Waals surface area contributed by atoms with Crippen molar-refractivity contribution in [3.8, 4) is 0 Å². The third kappa shape index (κ3) is 8.32. The Morgan fingerprint density at radius 2 is 1.91 bits per heavy atom. The molecule has 0 aromatic heterocycles. The number of carbonyl (C=O) groups is 2. The number of benzene rings is 1. The number of nitrogens with zero attached hydrogens (tertiary/aromatic N) is 1. The molecule has 2 amide bonds. The van der Waals surface area contributed by atoms with Crippen LogP contribution in [0.3, 0.4) is 0 Å². The standard InChI is InChI=1S/C17H28N4O2/c1-18-9-5-8-16(22)20-13-14-6-4-7-15(12-14)17(23)19-10-11-21(2)3/h4,6-7,12,18H,5,8-11,13H2,1-3H3,(H,19,23)(H,20,22). The summed E-state index contributed by atoms with van der Waals surface area (Å²) in [7, 11) is 5.80. The van der Waals surface area contributed by atoms with Gasteiger partial charge in [0.25, 0.3) is 5.91 Å². The average Bonchev–Trinajstić information content (AvgIpc) is 2.53. The molecule has 0 saturated carbocycles. The zero-order valence-corrected chi connectivity index (χ0v) is 14.3. The molecule has 1 rings (SSSR count). The van der Waals surface area contributed by atoms with Crippen LogP contribution in [0.1, 0.15) is 28.8 Å². The first-order chi connectivity index (χ1) is 11.0. The predicted molar refractivity (Wildman–Crippen MR) is 92.3 cm³/mol. The lowest BCUT2D eigenvalue weighted by Gasteiger charge is -2.11. The van der Waals surface area contributed by atoms with Crippen molar-refractivity contribution >= 4 is 11.8 Å². The van der Waals surface area contributed by atoms with E-state index >= 15 is 0 Å². The largest absolute Gasteiger partial charge is 0.352 e. The monoisotopic (exact) mass is 320 g/mol. The summed E-state index contributed by atoms with van der Waals surface area (Å²) in [5.74, 6) is -0.0601. The molecule has 1 aromatic rings. The summed E-state index contributed by atoms with van der Waals surface area (Å²) < 4.78 is 0. The molecule has 23 heavy (non-hydrogen) atoms. The predicted octanol–water partition coefficient (Wildman–Crippen LogP) is 0.594. The number of amides is 2. The van der Waals surface area contributed by atoms with E-state index in [0.717, 1.165) is 25.1 Å². The van der Waals surface area contributed by atoms with Crippen molar-refractivity contribution in [2.24, 2.45) is 0 Å². The molecule has 128 valence electrons. The van der Waals surface area contributed by atoms with Crippen molar-refractivity contribution in [1.29, 1.82) is 0 Å². The second kappa shape index (κ2) is 10.7. The van der Waals surface area contributed by atoms with E-state index in [1.807, 2.05) is 44.2 Å². The van der Waals surface area contributed by atoms with Gasteiger partial charge in [0.1, 0.15) is 0 Å². The molecule has 6 heteroatoms. The number of hydrogen-bond donors (Lipinski definition) is 3.